The van der Waals surface area contributed by atoms with Gasteiger partial charge in [-0.3, -0.25) is 25.0 Å². The van der Waals surface area contributed by atoms with Gasteiger partial charge in [-0.25, -0.2) is 5.43 Å². The number of benzene rings is 4. The van der Waals surface area contributed by atoms with Crippen LogP contribution in [-0.2, 0) is 6.61 Å². The standard InChI is InChI=1S/C29H23ClN4O8/c1-2-40-28-15-19(11-13-27(28)42-26-14-12-21(33(36)37)16-24(26)34(38)39)17-31-32-29(35)22-8-4-6-10-25(22)41-18-20-7-3-5-9-23(20)30/h3-17H,2,18H2,1H3,(H,32,35)/b31-17+. The van der Waals surface area contributed by atoms with Gasteiger partial charge in [0, 0.05) is 16.7 Å². The molecule has 12 nitrogen and oxygen atoms in total. The molecule has 0 radical (unpaired) electrons. The summed E-state index contributed by atoms with van der Waals surface area (Å²) in [6.45, 7) is 2.16. The van der Waals surface area contributed by atoms with Crippen molar-refractivity contribution in [3.8, 4) is 23.0 Å². The molecule has 1 amide bonds. The Morgan fingerprint density at radius 1 is 0.881 bits per heavy atom. The Kier molecular flexibility index (Phi) is 9.64. The number of carbonyl (C=O) groups excluding carboxylic acids is 1. The number of hydrogen-bond donors (Lipinski definition) is 1. The summed E-state index contributed by atoms with van der Waals surface area (Å²) in [5, 5.41) is 27.1. The molecule has 42 heavy (non-hydrogen) atoms. The zero-order valence-electron chi connectivity index (χ0n) is 22.1. The normalized spacial score (nSPS) is 10.7. The average molecular weight is 591 g/mol. The lowest BCUT2D eigenvalue weighted by Gasteiger charge is -2.12. The van der Waals surface area contributed by atoms with E-state index in [-0.39, 0.29) is 36.0 Å². The molecule has 0 saturated carbocycles. The number of rotatable bonds is 12. The molecule has 0 heterocycles. The second-order valence-corrected chi connectivity index (χ2v) is 8.89. The van der Waals surface area contributed by atoms with Gasteiger partial charge in [-0.2, -0.15) is 5.10 Å². The van der Waals surface area contributed by atoms with Crippen LogP contribution in [0.3, 0.4) is 0 Å². The van der Waals surface area contributed by atoms with Crippen LogP contribution in [0.5, 0.6) is 23.0 Å². The van der Waals surface area contributed by atoms with Crippen LogP contribution in [0.4, 0.5) is 11.4 Å². The van der Waals surface area contributed by atoms with Gasteiger partial charge in [-0.05, 0) is 55.0 Å². The van der Waals surface area contributed by atoms with Crippen molar-refractivity contribution in [2.24, 2.45) is 5.10 Å². The highest BCUT2D eigenvalue weighted by Crippen LogP contribution is 2.38. The molecule has 0 saturated heterocycles. The van der Waals surface area contributed by atoms with E-state index in [0.29, 0.717) is 16.3 Å². The Bertz CT molecular complexity index is 1660. The minimum atomic E-state index is -0.771. The van der Waals surface area contributed by atoms with Crippen molar-refractivity contribution >= 4 is 35.1 Å². The maximum absolute atomic E-state index is 12.8. The van der Waals surface area contributed by atoms with Crippen LogP contribution in [0.1, 0.15) is 28.4 Å². The van der Waals surface area contributed by atoms with Gasteiger partial charge in [0.15, 0.2) is 11.5 Å². The molecule has 0 bridgehead atoms. The van der Waals surface area contributed by atoms with Gasteiger partial charge in [-0.1, -0.05) is 41.9 Å². The summed E-state index contributed by atoms with van der Waals surface area (Å²) in [6, 6.07) is 21.7. The fraction of sp³-hybridized carbons (Fsp3) is 0.103. The van der Waals surface area contributed by atoms with E-state index in [0.717, 1.165) is 23.8 Å². The number of hydrogen-bond acceptors (Lipinski definition) is 9. The number of nitro groups is 2. The second-order valence-electron chi connectivity index (χ2n) is 8.48. The fourth-order valence-corrected chi connectivity index (χ4v) is 3.89. The summed E-state index contributed by atoms with van der Waals surface area (Å²) in [6.07, 6.45) is 1.38. The third-order valence-corrected chi connectivity index (χ3v) is 6.06. The summed E-state index contributed by atoms with van der Waals surface area (Å²) < 4.78 is 17.1. The first-order chi connectivity index (χ1) is 20.3. The van der Waals surface area contributed by atoms with E-state index in [1.807, 2.05) is 18.2 Å². The number of nitrogens with zero attached hydrogens (tertiary/aromatic N) is 3. The lowest BCUT2D eigenvalue weighted by atomic mass is 10.2. The highest BCUT2D eigenvalue weighted by molar-refractivity contribution is 6.31. The lowest BCUT2D eigenvalue weighted by Crippen LogP contribution is -2.18. The Labute approximate surface area is 244 Å². The van der Waals surface area contributed by atoms with Crippen LogP contribution < -0.4 is 19.6 Å². The van der Waals surface area contributed by atoms with E-state index in [4.69, 9.17) is 25.8 Å². The van der Waals surface area contributed by atoms with Gasteiger partial charge in [0.2, 0.25) is 5.75 Å². The summed E-state index contributed by atoms with van der Waals surface area (Å²) in [7, 11) is 0. The van der Waals surface area contributed by atoms with Gasteiger partial charge in [-0.15, -0.1) is 0 Å². The highest BCUT2D eigenvalue weighted by atomic mass is 35.5. The van der Waals surface area contributed by atoms with Crippen molar-refractivity contribution in [2.45, 2.75) is 13.5 Å². The van der Waals surface area contributed by atoms with Crippen molar-refractivity contribution < 1.29 is 28.9 Å². The maximum Gasteiger partial charge on any atom is 0.318 e. The van der Waals surface area contributed by atoms with Crippen molar-refractivity contribution in [2.75, 3.05) is 6.61 Å². The molecule has 0 aliphatic rings. The van der Waals surface area contributed by atoms with Crippen LogP contribution in [-0.4, -0.2) is 28.6 Å². The van der Waals surface area contributed by atoms with Crippen LogP contribution in [0.25, 0.3) is 0 Å². The third-order valence-electron chi connectivity index (χ3n) is 5.69. The maximum atomic E-state index is 12.8. The summed E-state index contributed by atoms with van der Waals surface area (Å²) >= 11 is 6.19. The van der Waals surface area contributed by atoms with Gasteiger partial charge >= 0.3 is 5.69 Å². The van der Waals surface area contributed by atoms with E-state index in [2.05, 4.69) is 10.5 Å². The summed E-state index contributed by atoms with van der Waals surface area (Å²) in [5.74, 6) is 0.0241. The predicted octanol–water partition coefficient (Wildman–Crippen LogP) is 6.69. The Balaban J connectivity index is 1.47. The van der Waals surface area contributed by atoms with Crippen molar-refractivity contribution in [3.63, 3.8) is 0 Å². The molecule has 214 valence electrons. The number of hydrazone groups is 1. The first-order valence-corrected chi connectivity index (χ1v) is 12.8. The summed E-state index contributed by atoms with van der Waals surface area (Å²) in [5.41, 5.74) is 3.01. The van der Waals surface area contributed by atoms with Gasteiger partial charge in [0.25, 0.3) is 11.6 Å². The number of non-ortho nitro benzene ring substituents is 1. The Morgan fingerprint density at radius 2 is 1.62 bits per heavy atom. The first kappa shape index (κ1) is 29.5. The zero-order valence-corrected chi connectivity index (χ0v) is 22.8. The molecule has 0 atom stereocenters. The number of amides is 1. The van der Waals surface area contributed by atoms with Gasteiger partial charge in [0.05, 0.1) is 34.3 Å². The Morgan fingerprint density at radius 3 is 2.36 bits per heavy atom. The topological polar surface area (TPSA) is 155 Å². The fourth-order valence-electron chi connectivity index (χ4n) is 3.70. The molecule has 0 fully saturated rings. The molecule has 0 spiro atoms. The number of para-hydroxylation sites is 1. The van der Waals surface area contributed by atoms with E-state index in [1.54, 1.807) is 49.4 Å². The van der Waals surface area contributed by atoms with Crippen LogP contribution in [0.15, 0.2) is 90.0 Å². The molecule has 13 heteroatoms. The number of carbonyl (C=O) groups is 1. The smallest absolute Gasteiger partial charge is 0.318 e. The quantitative estimate of drug-likeness (QED) is 0.109. The molecule has 0 aliphatic heterocycles. The predicted molar refractivity (Wildman–Crippen MR) is 155 cm³/mol. The zero-order chi connectivity index (χ0) is 30.1. The lowest BCUT2D eigenvalue weighted by molar-refractivity contribution is -0.394. The van der Waals surface area contributed by atoms with Crippen LogP contribution >= 0.6 is 11.6 Å². The second kappa shape index (κ2) is 13.7. The molecule has 0 aliphatic carbocycles. The molecule has 1 N–H and O–H groups in total. The number of ether oxygens (including phenoxy) is 3. The van der Waals surface area contributed by atoms with E-state index in [9.17, 15) is 25.0 Å². The first-order valence-electron chi connectivity index (χ1n) is 12.4. The van der Waals surface area contributed by atoms with Crippen molar-refractivity contribution in [1.29, 1.82) is 0 Å². The minimum absolute atomic E-state index is 0.139. The highest BCUT2D eigenvalue weighted by Gasteiger charge is 2.22. The molecule has 4 aromatic rings. The van der Waals surface area contributed by atoms with Gasteiger partial charge < -0.3 is 14.2 Å². The number of nitrogens with one attached hydrogen (secondary N) is 1. The van der Waals surface area contributed by atoms with E-state index >= 15 is 0 Å². The number of halogens is 1. The molecule has 4 rings (SSSR count). The molecular formula is C29H23ClN4O8. The van der Waals surface area contributed by atoms with Gasteiger partial charge in [0.1, 0.15) is 12.4 Å². The van der Waals surface area contributed by atoms with Crippen molar-refractivity contribution in [1.82, 2.24) is 5.43 Å². The van der Waals surface area contributed by atoms with Crippen LogP contribution in [0.2, 0.25) is 5.02 Å². The third kappa shape index (κ3) is 7.37. The monoisotopic (exact) mass is 590 g/mol. The average Bonchev–Trinajstić information content (AvgIpc) is 2.98. The minimum Gasteiger partial charge on any atom is -0.490 e. The molecule has 0 aromatic heterocycles. The summed E-state index contributed by atoms with van der Waals surface area (Å²) in [4.78, 5) is 33.8. The van der Waals surface area contributed by atoms with E-state index in [1.165, 1.54) is 12.3 Å². The molecule has 4 aromatic carbocycles. The van der Waals surface area contributed by atoms with E-state index < -0.39 is 27.1 Å². The SMILES string of the molecule is CCOc1cc(/C=N/NC(=O)c2ccccc2OCc2ccccc2Cl)ccc1Oc1ccc([N+](=O)[O-])cc1[N+](=O)[O-]. The molecule has 0 unspecified atom stereocenters. The number of nitro benzene ring substituents is 2. The largest absolute Gasteiger partial charge is 0.490 e. The van der Waals surface area contributed by atoms with Crippen LogP contribution in [0, 0.1) is 20.2 Å². The van der Waals surface area contributed by atoms with Crippen molar-refractivity contribution in [3.05, 3.63) is 127 Å². The Hall–Kier alpha value is -5.49. The molecular weight excluding hydrogens is 568 g/mol.